The Hall–Kier alpha value is -0.0500. The Balaban J connectivity index is 2.66. The van der Waals surface area contributed by atoms with Gasteiger partial charge in [-0.05, 0) is 20.3 Å². The molecule has 9 heteroatoms. The van der Waals surface area contributed by atoms with Gasteiger partial charge in [0.25, 0.3) is 0 Å². The van der Waals surface area contributed by atoms with Gasteiger partial charge in [-0.3, -0.25) is 4.57 Å². The van der Waals surface area contributed by atoms with E-state index in [0.717, 1.165) is 0 Å². The lowest BCUT2D eigenvalue weighted by molar-refractivity contribution is -0.289. The van der Waals surface area contributed by atoms with Crippen LogP contribution in [0.5, 0.6) is 0 Å². The molecule has 0 bridgehead atoms. The van der Waals surface area contributed by atoms with E-state index >= 15 is 0 Å². The van der Waals surface area contributed by atoms with Gasteiger partial charge in [0.1, 0.15) is 18.3 Å². The average molecular weight is 328 g/mol. The fourth-order valence-corrected chi connectivity index (χ4v) is 3.89. The highest BCUT2D eigenvalue weighted by Gasteiger charge is 2.44. The lowest BCUT2D eigenvalue weighted by Gasteiger charge is -2.40. The van der Waals surface area contributed by atoms with Crippen molar-refractivity contribution in [1.29, 1.82) is 0 Å². The zero-order valence-electron chi connectivity index (χ0n) is 12.5. The quantitative estimate of drug-likeness (QED) is 0.537. The minimum absolute atomic E-state index is 0.0374. The van der Waals surface area contributed by atoms with Crippen LogP contribution in [-0.4, -0.2) is 72.5 Å². The van der Waals surface area contributed by atoms with E-state index in [2.05, 4.69) is 0 Å². The van der Waals surface area contributed by atoms with Crippen LogP contribution in [0.15, 0.2) is 0 Å². The Morgan fingerprint density at radius 3 is 2.10 bits per heavy atom. The molecule has 126 valence electrons. The molecule has 0 aromatic rings. The van der Waals surface area contributed by atoms with Gasteiger partial charge in [-0.25, -0.2) is 0 Å². The molecule has 1 heterocycles. The average Bonchev–Trinajstić information content (AvgIpc) is 2.45. The van der Waals surface area contributed by atoms with Crippen LogP contribution in [0.2, 0.25) is 0 Å². The van der Waals surface area contributed by atoms with Gasteiger partial charge in [0.2, 0.25) is 0 Å². The number of rotatable bonds is 8. The summed E-state index contributed by atoms with van der Waals surface area (Å²) in [6.45, 7) is 3.90. The molecule has 1 rings (SSSR count). The molecule has 1 fully saturated rings. The number of aliphatic hydroxyl groups is 3. The van der Waals surface area contributed by atoms with Gasteiger partial charge in [0.15, 0.2) is 6.29 Å². The first-order chi connectivity index (χ1) is 9.88. The molecule has 1 saturated heterocycles. The summed E-state index contributed by atoms with van der Waals surface area (Å²) in [7, 11) is -1.93. The summed E-state index contributed by atoms with van der Waals surface area (Å²) < 4.78 is 32.9. The van der Waals surface area contributed by atoms with Crippen molar-refractivity contribution in [2.45, 2.75) is 51.0 Å². The molecule has 0 aromatic heterocycles. The van der Waals surface area contributed by atoms with Crippen LogP contribution in [0.1, 0.15) is 20.3 Å². The molecule has 0 aliphatic carbocycles. The molecule has 0 unspecified atom stereocenters. The van der Waals surface area contributed by atoms with Crippen molar-refractivity contribution in [2.75, 3.05) is 26.5 Å². The monoisotopic (exact) mass is 328 g/mol. The van der Waals surface area contributed by atoms with Crippen molar-refractivity contribution in [1.82, 2.24) is 0 Å². The van der Waals surface area contributed by atoms with Crippen molar-refractivity contribution in [3.05, 3.63) is 0 Å². The first-order valence-electron chi connectivity index (χ1n) is 6.99. The molecule has 0 aromatic carbocycles. The molecular weight excluding hydrogens is 303 g/mol. The fraction of sp³-hybridized carbons (Fsp3) is 1.00. The molecule has 0 saturated carbocycles. The maximum Gasteiger partial charge on any atom is 0.330 e. The van der Waals surface area contributed by atoms with E-state index in [-0.39, 0.29) is 25.8 Å². The van der Waals surface area contributed by atoms with Gasteiger partial charge in [-0.15, -0.1) is 0 Å². The van der Waals surface area contributed by atoms with Crippen molar-refractivity contribution < 1.29 is 38.4 Å². The standard InChI is InChI=1S/C12H25O8P/c1-4-18-21(16,19-5-2)7-6-8-9(13)10(14)11(15)12(17-3)20-8/h8-15H,4-7H2,1-3H3/t8-,9-,10+,11-,12+/m1/s1. The zero-order valence-corrected chi connectivity index (χ0v) is 13.4. The first kappa shape index (κ1) is 19.0. The molecule has 21 heavy (non-hydrogen) atoms. The Bertz CT molecular complexity index is 340. The number of aliphatic hydroxyl groups excluding tert-OH is 3. The summed E-state index contributed by atoms with van der Waals surface area (Å²) >= 11 is 0. The van der Waals surface area contributed by atoms with Gasteiger partial charge in [0, 0.05) is 7.11 Å². The van der Waals surface area contributed by atoms with Gasteiger partial charge < -0.3 is 33.8 Å². The Morgan fingerprint density at radius 1 is 1.05 bits per heavy atom. The van der Waals surface area contributed by atoms with Gasteiger partial charge >= 0.3 is 7.60 Å². The van der Waals surface area contributed by atoms with Crippen molar-refractivity contribution in [3.63, 3.8) is 0 Å². The summed E-state index contributed by atoms with van der Waals surface area (Å²) in [5.74, 6) is 0. The third-order valence-corrected chi connectivity index (χ3v) is 5.35. The zero-order chi connectivity index (χ0) is 16.0. The lowest BCUT2D eigenvalue weighted by atomic mass is 9.97. The first-order valence-corrected chi connectivity index (χ1v) is 8.71. The molecular formula is C12H25O8P. The fourth-order valence-electron chi connectivity index (χ4n) is 2.20. The van der Waals surface area contributed by atoms with E-state index in [9.17, 15) is 19.9 Å². The number of methoxy groups -OCH3 is 1. The van der Waals surface area contributed by atoms with Crippen LogP contribution in [0, 0.1) is 0 Å². The number of ether oxygens (including phenoxy) is 2. The van der Waals surface area contributed by atoms with Gasteiger partial charge in [0.05, 0.1) is 25.5 Å². The predicted octanol–water partition coefficient (Wildman–Crippen LogP) is 0.0966. The maximum absolute atomic E-state index is 12.3. The summed E-state index contributed by atoms with van der Waals surface area (Å²) in [5.41, 5.74) is 0. The molecule has 0 spiro atoms. The van der Waals surface area contributed by atoms with Gasteiger partial charge in [-0.1, -0.05) is 0 Å². The molecule has 5 atom stereocenters. The van der Waals surface area contributed by atoms with Crippen LogP contribution in [0.3, 0.4) is 0 Å². The molecule has 1 aliphatic rings. The van der Waals surface area contributed by atoms with E-state index in [1.807, 2.05) is 0 Å². The third-order valence-electron chi connectivity index (χ3n) is 3.24. The lowest BCUT2D eigenvalue weighted by Crippen LogP contribution is -2.58. The van der Waals surface area contributed by atoms with Crippen LogP contribution >= 0.6 is 7.60 Å². The molecule has 8 nitrogen and oxygen atoms in total. The predicted molar refractivity (Wildman–Crippen MR) is 74.0 cm³/mol. The highest BCUT2D eigenvalue weighted by Crippen LogP contribution is 2.49. The van der Waals surface area contributed by atoms with E-state index in [0.29, 0.717) is 0 Å². The molecule has 1 aliphatic heterocycles. The highest BCUT2D eigenvalue weighted by molar-refractivity contribution is 7.53. The maximum atomic E-state index is 12.3. The molecule has 3 N–H and O–H groups in total. The van der Waals surface area contributed by atoms with E-state index in [1.54, 1.807) is 13.8 Å². The largest absolute Gasteiger partial charge is 0.388 e. The summed E-state index contributed by atoms with van der Waals surface area (Å²) in [4.78, 5) is 0. The number of hydrogen-bond donors (Lipinski definition) is 3. The van der Waals surface area contributed by atoms with E-state index in [4.69, 9.17) is 18.5 Å². The second-order valence-electron chi connectivity index (χ2n) is 4.71. The van der Waals surface area contributed by atoms with Crippen molar-refractivity contribution in [2.24, 2.45) is 0 Å². The minimum Gasteiger partial charge on any atom is -0.388 e. The Labute approximate surface area is 124 Å². The van der Waals surface area contributed by atoms with Crippen molar-refractivity contribution >= 4 is 7.60 Å². The second kappa shape index (κ2) is 8.55. The van der Waals surface area contributed by atoms with E-state index in [1.165, 1.54) is 7.11 Å². The minimum atomic E-state index is -3.25. The second-order valence-corrected chi connectivity index (χ2v) is 6.89. The summed E-state index contributed by atoms with van der Waals surface area (Å²) in [6.07, 6.45) is -5.74. The highest BCUT2D eigenvalue weighted by atomic mass is 31.2. The normalized spacial score (nSPS) is 34.1. The number of hydrogen-bond acceptors (Lipinski definition) is 8. The van der Waals surface area contributed by atoms with Gasteiger partial charge in [-0.2, -0.15) is 0 Å². The van der Waals surface area contributed by atoms with Crippen LogP contribution in [0.4, 0.5) is 0 Å². The third kappa shape index (κ3) is 4.97. The molecule has 0 radical (unpaired) electrons. The topological polar surface area (TPSA) is 115 Å². The smallest absolute Gasteiger partial charge is 0.330 e. The van der Waals surface area contributed by atoms with E-state index < -0.39 is 38.3 Å². The van der Waals surface area contributed by atoms with Crippen molar-refractivity contribution in [3.8, 4) is 0 Å². The summed E-state index contributed by atoms with van der Waals surface area (Å²) in [5, 5.41) is 29.3. The SMILES string of the molecule is CCOP(=O)(CC[C@H]1O[C@H](OC)[C@H](O)[C@@H](O)[C@@H]1O)OCC. The van der Waals surface area contributed by atoms with Crippen LogP contribution in [0.25, 0.3) is 0 Å². The molecule has 0 amide bonds. The Morgan fingerprint density at radius 2 is 1.62 bits per heavy atom. The summed E-state index contributed by atoms with van der Waals surface area (Å²) in [6, 6.07) is 0. The van der Waals surface area contributed by atoms with Crippen LogP contribution < -0.4 is 0 Å². The van der Waals surface area contributed by atoms with Crippen LogP contribution in [-0.2, 0) is 23.1 Å². The Kier molecular flexibility index (Phi) is 7.73.